The number of rotatable bonds is 9. The molecule has 2 fully saturated rings. The van der Waals surface area contributed by atoms with Gasteiger partial charge in [0, 0.05) is 30.6 Å². The molecule has 0 bridgehead atoms. The summed E-state index contributed by atoms with van der Waals surface area (Å²) in [6.45, 7) is 4.10. The predicted octanol–water partition coefficient (Wildman–Crippen LogP) is -1.38. The number of thioether (sulfide) groups is 1. The highest BCUT2D eigenvalue weighted by molar-refractivity contribution is 7.99. The van der Waals surface area contributed by atoms with Gasteiger partial charge in [-0.3, -0.25) is 14.3 Å². The zero-order chi connectivity index (χ0) is 28.5. The van der Waals surface area contributed by atoms with Gasteiger partial charge in [-0.1, -0.05) is 0 Å². The Bertz CT molecular complexity index is 1580. The van der Waals surface area contributed by atoms with Crippen LogP contribution in [0.2, 0.25) is 0 Å². The van der Waals surface area contributed by atoms with Crippen LogP contribution >= 0.6 is 11.8 Å². The first kappa shape index (κ1) is 27.7. The molecular formula is C24H32N12O4S. The quantitative estimate of drug-likeness (QED) is 0.124. The molecule has 4 aromatic heterocycles. The van der Waals surface area contributed by atoms with Gasteiger partial charge in [0.15, 0.2) is 28.9 Å². The maximum absolute atomic E-state index is 12.0. The minimum Gasteiger partial charge on any atom is -0.387 e. The van der Waals surface area contributed by atoms with Gasteiger partial charge in [0.1, 0.15) is 24.1 Å². The summed E-state index contributed by atoms with van der Waals surface area (Å²) in [5, 5.41) is 25.2. The number of aromatic amines is 1. The molecule has 6 heterocycles. The van der Waals surface area contributed by atoms with Crippen LogP contribution in [0.15, 0.2) is 23.6 Å². The highest BCUT2D eigenvalue weighted by Gasteiger charge is 2.44. The summed E-state index contributed by atoms with van der Waals surface area (Å²) in [5.41, 5.74) is 13.0. The molecule has 2 aliphatic rings. The second kappa shape index (κ2) is 11.8. The lowest BCUT2D eigenvalue weighted by molar-refractivity contribution is -0.0289. The van der Waals surface area contributed by atoms with Gasteiger partial charge in [0.25, 0.3) is 5.56 Å². The predicted molar refractivity (Wildman–Crippen MR) is 152 cm³/mol. The van der Waals surface area contributed by atoms with Crippen LogP contribution in [0.3, 0.4) is 0 Å². The average Bonchev–Trinajstić information content (AvgIpc) is 3.52. The molecule has 2 aliphatic heterocycles. The van der Waals surface area contributed by atoms with E-state index in [4.69, 9.17) is 16.2 Å². The number of nitrogens with one attached hydrogen (secondary N) is 2. The molecule has 2 saturated heterocycles. The van der Waals surface area contributed by atoms with Gasteiger partial charge in [-0.15, -0.1) is 0 Å². The Labute approximate surface area is 238 Å². The first-order valence-electron chi connectivity index (χ1n) is 13.4. The summed E-state index contributed by atoms with van der Waals surface area (Å²) in [7, 11) is 0. The highest BCUT2D eigenvalue weighted by Crippen LogP contribution is 2.35. The van der Waals surface area contributed by atoms with E-state index in [0.717, 1.165) is 39.0 Å². The average molecular weight is 585 g/mol. The molecule has 17 heteroatoms. The molecule has 0 radical (unpaired) electrons. The Hall–Kier alpha value is -3.48. The van der Waals surface area contributed by atoms with Gasteiger partial charge in [-0.25, -0.2) is 24.9 Å². The lowest BCUT2D eigenvalue weighted by Crippen LogP contribution is -2.39. The fourth-order valence-corrected chi connectivity index (χ4v) is 6.47. The van der Waals surface area contributed by atoms with Crippen LogP contribution in [-0.4, -0.2) is 110 Å². The largest absolute Gasteiger partial charge is 0.387 e. The first-order chi connectivity index (χ1) is 19.9. The zero-order valence-corrected chi connectivity index (χ0v) is 22.9. The van der Waals surface area contributed by atoms with Crippen molar-refractivity contribution in [3.63, 3.8) is 0 Å². The smallest absolute Gasteiger partial charge is 0.280 e. The summed E-state index contributed by atoms with van der Waals surface area (Å²) in [6.07, 6.45) is 3.03. The van der Waals surface area contributed by atoms with Crippen LogP contribution in [0.25, 0.3) is 22.3 Å². The van der Waals surface area contributed by atoms with Gasteiger partial charge in [0.2, 0.25) is 5.95 Å². The minimum atomic E-state index is -1.11. The van der Waals surface area contributed by atoms with Crippen LogP contribution < -0.4 is 22.3 Å². The number of nitrogens with two attached hydrogens (primary N) is 2. The molecule has 0 aliphatic carbocycles. The molecule has 16 nitrogen and oxygen atoms in total. The first-order valence-corrected chi connectivity index (χ1v) is 14.4. The van der Waals surface area contributed by atoms with E-state index < -0.39 is 30.1 Å². The lowest BCUT2D eigenvalue weighted by atomic mass is 10.1. The normalized spacial score (nSPS) is 24.0. The highest BCUT2D eigenvalue weighted by atomic mass is 32.2. The maximum atomic E-state index is 12.0. The number of aromatic nitrogens is 8. The van der Waals surface area contributed by atoms with Crippen molar-refractivity contribution in [2.75, 3.05) is 43.4 Å². The van der Waals surface area contributed by atoms with Crippen molar-refractivity contribution >= 4 is 45.9 Å². The molecule has 4 atom stereocenters. The minimum absolute atomic E-state index is 0.0170. The number of piperidine rings is 1. The van der Waals surface area contributed by atoms with E-state index in [1.807, 2.05) is 0 Å². The van der Waals surface area contributed by atoms with Gasteiger partial charge in [-0.05, 0) is 25.9 Å². The molecule has 0 amide bonds. The molecule has 0 aromatic carbocycles. The van der Waals surface area contributed by atoms with Crippen molar-refractivity contribution in [1.82, 2.24) is 49.7 Å². The second-order valence-corrected chi connectivity index (χ2v) is 11.5. The van der Waals surface area contributed by atoms with E-state index in [2.05, 4.69) is 45.1 Å². The van der Waals surface area contributed by atoms with Crippen LogP contribution in [0, 0.1) is 0 Å². The SMILES string of the molecule is Nc1nc2ncc(CNCCN3CCC(SC[C@H]4O[C@@H](n5cnc6c(N)ncnc65)C(O)[C@H]4O)CC3)nc2c(=O)[nH]1. The number of H-pyrrole nitrogens is 1. The van der Waals surface area contributed by atoms with Crippen molar-refractivity contribution in [2.45, 2.75) is 49.2 Å². The van der Waals surface area contributed by atoms with Crippen LogP contribution in [0.4, 0.5) is 11.8 Å². The molecule has 218 valence electrons. The molecule has 1 unspecified atom stereocenters. The number of hydrogen-bond donors (Lipinski definition) is 6. The Balaban J connectivity index is 0.927. The monoisotopic (exact) mass is 584 g/mol. The number of nitrogens with zero attached hydrogens (tertiary/aromatic N) is 8. The van der Waals surface area contributed by atoms with Crippen molar-refractivity contribution in [3.8, 4) is 0 Å². The van der Waals surface area contributed by atoms with Crippen molar-refractivity contribution < 1.29 is 14.9 Å². The summed E-state index contributed by atoms with van der Waals surface area (Å²) in [4.78, 5) is 41.8. The number of ether oxygens (including phenoxy) is 1. The number of anilines is 2. The fraction of sp³-hybridized carbons (Fsp3) is 0.542. The third-order valence-corrected chi connectivity index (χ3v) is 8.89. The third kappa shape index (κ3) is 5.81. The fourth-order valence-electron chi connectivity index (χ4n) is 5.19. The van der Waals surface area contributed by atoms with Gasteiger partial charge in [0.05, 0.1) is 24.3 Å². The van der Waals surface area contributed by atoms with Gasteiger partial charge in [-0.2, -0.15) is 16.7 Å². The van der Waals surface area contributed by atoms with E-state index in [1.54, 1.807) is 22.5 Å². The third-order valence-electron chi connectivity index (χ3n) is 7.43. The van der Waals surface area contributed by atoms with Crippen molar-refractivity contribution in [2.24, 2.45) is 0 Å². The summed E-state index contributed by atoms with van der Waals surface area (Å²) < 4.78 is 7.67. The van der Waals surface area contributed by atoms with E-state index in [9.17, 15) is 15.0 Å². The van der Waals surface area contributed by atoms with Crippen molar-refractivity contribution in [3.05, 3.63) is 34.9 Å². The number of nitrogen functional groups attached to an aromatic ring is 2. The second-order valence-electron chi connectivity index (χ2n) is 10.2. The van der Waals surface area contributed by atoms with Crippen LogP contribution in [0.1, 0.15) is 24.8 Å². The molecule has 0 spiro atoms. The summed E-state index contributed by atoms with van der Waals surface area (Å²) in [6, 6.07) is 0. The number of aliphatic hydroxyl groups excluding tert-OH is 2. The standard InChI is InChI=1S/C24H32N12O4S/c25-19-15-21(30-10-29-19)36(11-31-15)23-18(38)17(37)14(40-23)9-41-13-1-4-35(5-2-13)6-3-27-7-12-8-28-20-16(32-12)22(39)34-24(26)33-20/h8,10-11,13-14,17-18,23,27,37-38H,1-7,9H2,(H2,25,29,30)(H3,26,28,33,34,39)/t14-,17+,18?,23-/m1/s1. The number of aliphatic hydroxyl groups is 2. The Morgan fingerprint density at radius 3 is 2.76 bits per heavy atom. The topological polar surface area (TPSA) is 232 Å². The number of imidazole rings is 1. The van der Waals surface area contributed by atoms with Gasteiger partial charge < -0.3 is 36.6 Å². The number of likely N-dealkylation sites (tertiary alicyclic amines) is 1. The number of fused-ring (bicyclic) bond motifs is 2. The Morgan fingerprint density at radius 1 is 1.10 bits per heavy atom. The summed E-state index contributed by atoms with van der Waals surface area (Å²) in [5.74, 6) is 0.836. The molecule has 4 aromatic rings. The van der Waals surface area contributed by atoms with E-state index >= 15 is 0 Å². The van der Waals surface area contributed by atoms with E-state index in [-0.39, 0.29) is 22.9 Å². The molecular weight excluding hydrogens is 552 g/mol. The van der Waals surface area contributed by atoms with Crippen LogP contribution in [0.5, 0.6) is 0 Å². The summed E-state index contributed by atoms with van der Waals surface area (Å²) >= 11 is 1.77. The van der Waals surface area contributed by atoms with E-state index in [1.165, 1.54) is 12.7 Å². The number of hydrogen-bond acceptors (Lipinski definition) is 15. The Morgan fingerprint density at radius 2 is 1.93 bits per heavy atom. The maximum Gasteiger partial charge on any atom is 0.280 e. The molecule has 41 heavy (non-hydrogen) atoms. The van der Waals surface area contributed by atoms with Gasteiger partial charge >= 0.3 is 0 Å². The molecule has 6 rings (SSSR count). The zero-order valence-electron chi connectivity index (χ0n) is 22.1. The van der Waals surface area contributed by atoms with Crippen LogP contribution in [-0.2, 0) is 11.3 Å². The Kier molecular flexibility index (Phi) is 7.96. The van der Waals surface area contributed by atoms with Crippen molar-refractivity contribution in [1.29, 1.82) is 0 Å². The molecule has 8 N–H and O–H groups in total. The molecule has 0 saturated carbocycles. The lowest BCUT2D eigenvalue weighted by Gasteiger charge is -2.32. The van der Waals surface area contributed by atoms with E-state index in [0.29, 0.717) is 34.4 Å².